The molecule has 1 N–H and O–H groups in total. The lowest BCUT2D eigenvalue weighted by Crippen LogP contribution is -2.32. The molecule has 5 nitrogen and oxygen atoms in total. The standard InChI is InChI=1S/C11H14N2O3/c1-3-13(4-2)10(14)9-8(11(15)16)6-5-7-12-9/h5-7H,3-4H2,1-2H3,(H,15,16). The normalized spacial score (nSPS) is 9.88. The molecule has 0 bridgehead atoms. The van der Waals surface area contributed by atoms with E-state index >= 15 is 0 Å². The van der Waals surface area contributed by atoms with Crippen molar-refractivity contribution < 1.29 is 14.7 Å². The Labute approximate surface area is 93.7 Å². The maximum atomic E-state index is 11.9. The van der Waals surface area contributed by atoms with Gasteiger partial charge in [-0.25, -0.2) is 4.79 Å². The van der Waals surface area contributed by atoms with Crippen LogP contribution >= 0.6 is 0 Å². The number of rotatable bonds is 4. The van der Waals surface area contributed by atoms with Crippen molar-refractivity contribution in [3.63, 3.8) is 0 Å². The van der Waals surface area contributed by atoms with Crippen LogP contribution in [0.1, 0.15) is 34.7 Å². The number of aromatic nitrogens is 1. The van der Waals surface area contributed by atoms with Crippen LogP contribution in [0.3, 0.4) is 0 Å². The number of carboxylic acid groups (broad SMARTS) is 1. The molecule has 1 rings (SSSR count). The van der Waals surface area contributed by atoms with Gasteiger partial charge in [0.15, 0.2) is 0 Å². The quantitative estimate of drug-likeness (QED) is 0.832. The van der Waals surface area contributed by atoms with E-state index in [1.807, 2.05) is 13.8 Å². The van der Waals surface area contributed by atoms with Crippen molar-refractivity contribution in [1.29, 1.82) is 0 Å². The number of aromatic carboxylic acids is 1. The predicted octanol–water partition coefficient (Wildman–Crippen LogP) is 1.26. The van der Waals surface area contributed by atoms with Gasteiger partial charge in [0.25, 0.3) is 5.91 Å². The van der Waals surface area contributed by atoms with Gasteiger partial charge in [-0.1, -0.05) is 0 Å². The summed E-state index contributed by atoms with van der Waals surface area (Å²) in [6.45, 7) is 4.74. The van der Waals surface area contributed by atoms with Crippen molar-refractivity contribution in [3.05, 3.63) is 29.6 Å². The predicted molar refractivity (Wildman–Crippen MR) is 58.4 cm³/mol. The van der Waals surface area contributed by atoms with E-state index in [0.29, 0.717) is 13.1 Å². The molecule has 0 aromatic carbocycles. The van der Waals surface area contributed by atoms with Gasteiger partial charge >= 0.3 is 5.97 Å². The van der Waals surface area contributed by atoms with Crippen LogP contribution in [0.2, 0.25) is 0 Å². The van der Waals surface area contributed by atoms with Crippen LogP contribution < -0.4 is 0 Å². The first-order chi connectivity index (χ1) is 7.61. The van der Waals surface area contributed by atoms with Crippen LogP contribution in [0.15, 0.2) is 18.3 Å². The van der Waals surface area contributed by atoms with E-state index in [0.717, 1.165) is 0 Å². The fourth-order valence-electron chi connectivity index (χ4n) is 1.41. The van der Waals surface area contributed by atoms with Gasteiger partial charge in [0, 0.05) is 19.3 Å². The molecule has 0 aliphatic rings. The summed E-state index contributed by atoms with van der Waals surface area (Å²) in [6.07, 6.45) is 1.42. The number of amides is 1. The molecule has 1 amide bonds. The first-order valence-electron chi connectivity index (χ1n) is 5.09. The molecule has 86 valence electrons. The average Bonchev–Trinajstić information content (AvgIpc) is 2.30. The van der Waals surface area contributed by atoms with Crippen molar-refractivity contribution in [2.24, 2.45) is 0 Å². The molecule has 0 radical (unpaired) electrons. The van der Waals surface area contributed by atoms with Crippen molar-refractivity contribution in [1.82, 2.24) is 9.88 Å². The Hall–Kier alpha value is -1.91. The summed E-state index contributed by atoms with van der Waals surface area (Å²) < 4.78 is 0. The van der Waals surface area contributed by atoms with E-state index < -0.39 is 5.97 Å². The molecular formula is C11H14N2O3. The monoisotopic (exact) mass is 222 g/mol. The molecule has 1 heterocycles. The molecule has 1 aromatic heterocycles. The highest BCUT2D eigenvalue weighted by Gasteiger charge is 2.20. The molecule has 0 saturated heterocycles. The van der Waals surface area contributed by atoms with Crippen molar-refractivity contribution in [2.45, 2.75) is 13.8 Å². The minimum Gasteiger partial charge on any atom is -0.478 e. The molecule has 0 atom stereocenters. The van der Waals surface area contributed by atoms with Gasteiger partial charge in [0.2, 0.25) is 0 Å². The van der Waals surface area contributed by atoms with Crippen molar-refractivity contribution >= 4 is 11.9 Å². The molecular weight excluding hydrogens is 208 g/mol. The zero-order valence-electron chi connectivity index (χ0n) is 9.30. The number of hydrogen-bond acceptors (Lipinski definition) is 3. The average molecular weight is 222 g/mol. The summed E-state index contributed by atoms with van der Waals surface area (Å²) in [5.74, 6) is -1.48. The fourth-order valence-corrected chi connectivity index (χ4v) is 1.41. The highest BCUT2D eigenvalue weighted by Crippen LogP contribution is 2.08. The van der Waals surface area contributed by atoms with Gasteiger partial charge in [-0.3, -0.25) is 9.78 Å². The van der Waals surface area contributed by atoms with Crippen LogP contribution in [0, 0.1) is 0 Å². The first-order valence-corrected chi connectivity index (χ1v) is 5.09. The Bertz CT molecular complexity index is 400. The second-order valence-electron chi connectivity index (χ2n) is 3.18. The van der Waals surface area contributed by atoms with Crippen molar-refractivity contribution in [3.8, 4) is 0 Å². The summed E-state index contributed by atoms with van der Waals surface area (Å²) in [5.41, 5.74) is -0.0573. The second-order valence-corrected chi connectivity index (χ2v) is 3.18. The number of nitrogens with zero attached hydrogens (tertiary/aromatic N) is 2. The number of carbonyl (C=O) groups excluding carboxylic acids is 1. The molecule has 0 spiro atoms. The van der Waals surface area contributed by atoms with Gasteiger partial charge in [-0.2, -0.15) is 0 Å². The van der Waals surface area contributed by atoms with E-state index in [2.05, 4.69) is 4.98 Å². The van der Waals surface area contributed by atoms with Gasteiger partial charge in [0.05, 0.1) is 5.56 Å². The summed E-state index contributed by atoms with van der Waals surface area (Å²) in [6, 6.07) is 2.88. The van der Waals surface area contributed by atoms with Crippen LogP contribution in [0.4, 0.5) is 0 Å². The van der Waals surface area contributed by atoms with Crippen LogP contribution in [0.5, 0.6) is 0 Å². The zero-order valence-corrected chi connectivity index (χ0v) is 9.30. The third kappa shape index (κ3) is 2.36. The van der Waals surface area contributed by atoms with Crippen LogP contribution in [0.25, 0.3) is 0 Å². The minimum absolute atomic E-state index is 0.00120. The summed E-state index contributed by atoms with van der Waals surface area (Å²) in [4.78, 5) is 28.2. The first kappa shape index (κ1) is 12.2. The topological polar surface area (TPSA) is 70.5 Å². The lowest BCUT2D eigenvalue weighted by atomic mass is 10.1. The van der Waals surface area contributed by atoms with E-state index in [1.54, 1.807) is 0 Å². The van der Waals surface area contributed by atoms with E-state index in [9.17, 15) is 9.59 Å². The zero-order chi connectivity index (χ0) is 12.1. The summed E-state index contributed by atoms with van der Waals surface area (Å²) in [7, 11) is 0. The third-order valence-corrected chi connectivity index (χ3v) is 2.29. The molecule has 1 aromatic rings. The third-order valence-electron chi connectivity index (χ3n) is 2.29. The Kier molecular flexibility index (Phi) is 3.99. The maximum absolute atomic E-state index is 11.9. The Morgan fingerprint density at radius 3 is 2.50 bits per heavy atom. The Morgan fingerprint density at radius 1 is 1.38 bits per heavy atom. The lowest BCUT2D eigenvalue weighted by Gasteiger charge is -2.18. The Balaban J connectivity index is 3.12. The minimum atomic E-state index is -1.14. The van der Waals surface area contributed by atoms with Gasteiger partial charge in [-0.05, 0) is 26.0 Å². The van der Waals surface area contributed by atoms with Crippen LogP contribution in [-0.2, 0) is 0 Å². The van der Waals surface area contributed by atoms with Gasteiger partial charge in [0.1, 0.15) is 5.69 Å². The molecule has 5 heteroatoms. The molecule has 16 heavy (non-hydrogen) atoms. The second kappa shape index (κ2) is 5.25. The van der Waals surface area contributed by atoms with Gasteiger partial charge in [-0.15, -0.1) is 0 Å². The maximum Gasteiger partial charge on any atom is 0.338 e. The molecule has 0 unspecified atom stereocenters. The van der Waals surface area contributed by atoms with E-state index in [1.165, 1.54) is 23.2 Å². The fraction of sp³-hybridized carbons (Fsp3) is 0.364. The number of carbonyl (C=O) groups is 2. The smallest absolute Gasteiger partial charge is 0.338 e. The van der Waals surface area contributed by atoms with Crippen molar-refractivity contribution in [2.75, 3.05) is 13.1 Å². The summed E-state index contributed by atoms with van der Waals surface area (Å²) in [5, 5.41) is 8.93. The Morgan fingerprint density at radius 2 is 2.00 bits per heavy atom. The lowest BCUT2D eigenvalue weighted by molar-refractivity contribution is 0.0675. The van der Waals surface area contributed by atoms with E-state index in [4.69, 9.17) is 5.11 Å². The summed E-state index contributed by atoms with van der Waals surface area (Å²) >= 11 is 0. The molecule has 0 aliphatic heterocycles. The van der Waals surface area contributed by atoms with E-state index in [-0.39, 0.29) is 17.2 Å². The van der Waals surface area contributed by atoms with Crippen LogP contribution in [-0.4, -0.2) is 40.0 Å². The molecule has 0 saturated carbocycles. The molecule has 0 aliphatic carbocycles. The highest BCUT2D eigenvalue weighted by molar-refractivity contribution is 6.03. The largest absolute Gasteiger partial charge is 0.478 e. The SMILES string of the molecule is CCN(CC)C(=O)c1ncccc1C(=O)O. The van der Waals surface area contributed by atoms with Gasteiger partial charge < -0.3 is 10.0 Å². The molecule has 0 fully saturated rings. The number of pyridine rings is 1. The highest BCUT2D eigenvalue weighted by atomic mass is 16.4. The number of hydrogen-bond donors (Lipinski definition) is 1. The number of carboxylic acids is 1.